The van der Waals surface area contributed by atoms with E-state index in [1.807, 2.05) is 0 Å². The number of nitriles is 1. The van der Waals surface area contributed by atoms with E-state index in [1.165, 1.54) is 12.1 Å². The summed E-state index contributed by atoms with van der Waals surface area (Å²) in [4.78, 5) is 11.7. The molecule has 0 saturated heterocycles. The number of amides is 1. The smallest absolute Gasteiger partial charge is 0.251 e. The summed E-state index contributed by atoms with van der Waals surface area (Å²) in [6, 6.07) is 6.23. The SMILES string of the molecule is Cc1cc(F)cc(C(=O)NCC(C)(C)C#N)c1. The third kappa shape index (κ3) is 3.87. The highest BCUT2D eigenvalue weighted by Crippen LogP contribution is 2.12. The van der Waals surface area contributed by atoms with Gasteiger partial charge in [0, 0.05) is 12.1 Å². The van der Waals surface area contributed by atoms with Crippen molar-refractivity contribution < 1.29 is 9.18 Å². The number of nitrogens with zero attached hydrogens (tertiary/aromatic N) is 1. The molecule has 1 amide bonds. The van der Waals surface area contributed by atoms with Crippen molar-refractivity contribution in [3.8, 4) is 6.07 Å². The molecule has 0 fully saturated rings. The summed E-state index contributed by atoms with van der Waals surface area (Å²) in [6.07, 6.45) is 0. The summed E-state index contributed by atoms with van der Waals surface area (Å²) >= 11 is 0. The third-order valence-corrected chi connectivity index (χ3v) is 2.30. The minimum absolute atomic E-state index is 0.234. The van der Waals surface area contributed by atoms with Gasteiger partial charge in [-0.1, -0.05) is 0 Å². The van der Waals surface area contributed by atoms with Gasteiger partial charge in [-0.2, -0.15) is 5.26 Å². The number of benzene rings is 1. The number of rotatable bonds is 3. The quantitative estimate of drug-likeness (QED) is 0.873. The van der Waals surface area contributed by atoms with E-state index in [4.69, 9.17) is 5.26 Å². The van der Waals surface area contributed by atoms with E-state index in [2.05, 4.69) is 11.4 Å². The van der Waals surface area contributed by atoms with E-state index < -0.39 is 11.2 Å². The van der Waals surface area contributed by atoms with Crippen LogP contribution in [0.3, 0.4) is 0 Å². The van der Waals surface area contributed by atoms with Gasteiger partial charge in [-0.15, -0.1) is 0 Å². The lowest BCUT2D eigenvalue weighted by molar-refractivity contribution is 0.0943. The number of carbonyl (C=O) groups is 1. The van der Waals surface area contributed by atoms with Crippen LogP contribution in [0.4, 0.5) is 4.39 Å². The zero-order valence-electron chi connectivity index (χ0n) is 10.2. The van der Waals surface area contributed by atoms with Gasteiger partial charge in [-0.05, 0) is 44.5 Å². The second-order valence-corrected chi connectivity index (χ2v) is 4.70. The standard InChI is InChI=1S/C13H15FN2O/c1-9-4-10(6-11(14)5-9)12(17)16-8-13(2,3)7-15/h4-6H,8H2,1-3H3,(H,16,17). The van der Waals surface area contributed by atoms with Gasteiger partial charge in [0.25, 0.3) is 5.91 Å². The molecule has 0 aliphatic rings. The van der Waals surface area contributed by atoms with Gasteiger partial charge in [-0.25, -0.2) is 4.39 Å². The average Bonchev–Trinajstić information content (AvgIpc) is 2.24. The maximum Gasteiger partial charge on any atom is 0.251 e. The highest BCUT2D eigenvalue weighted by atomic mass is 19.1. The second kappa shape index (κ2) is 4.96. The van der Waals surface area contributed by atoms with Gasteiger partial charge < -0.3 is 5.32 Å². The molecule has 0 unspecified atom stereocenters. The Balaban J connectivity index is 2.75. The molecular weight excluding hydrogens is 219 g/mol. The number of hydrogen-bond donors (Lipinski definition) is 1. The molecule has 90 valence electrons. The Morgan fingerprint density at radius 1 is 1.47 bits per heavy atom. The van der Waals surface area contributed by atoms with Crippen LogP contribution in [0.2, 0.25) is 0 Å². The molecule has 1 aromatic carbocycles. The maximum absolute atomic E-state index is 13.1. The van der Waals surface area contributed by atoms with Crippen LogP contribution in [-0.2, 0) is 0 Å². The minimum atomic E-state index is -0.627. The molecule has 1 aromatic rings. The van der Waals surface area contributed by atoms with Gasteiger partial charge in [0.15, 0.2) is 0 Å². The Morgan fingerprint density at radius 2 is 2.12 bits per heavy atom. The van der Waals surface area contributed by atoms with Crippen LogP contribution in [0.1, 0.15) is 29.8 Å². The van der Waals surface area contributed by atoms with Gasteiger partial charge >= 0.3 is 0 Å². The van der Waals surface area contributed by atoms with E-state index in [-0.39, 0.29) is 18.0 Å². The first kappa shape index (κ1) is 13.2. The lowest BCUT2D eigenvalue weighted by atomic mass is 9.96. The van der Waals surface area contributed by atoms with Crippen LogP contribution in [0.25, 0.3) is 0 Å². The van der Waals surface area contributed by atoms with Crippen LogP contribution in [-0.4, -0.2) is 12.5 Å². The van der Waals surface area contributed by atoms with Crippen molar-refractivity contribution in [1.82, 2.24) is 5.32 Å². The molecule has 0 heterocycles. The Hall–Kier alpha value is -1.89. The average molecular weight is 234 g/mol. The summed E-state index contributed by atoms with van der Waals surface area (Å²) in [7, 11) is 0. The van der Waals surface area contributed by atoms with E-state index in [0.29, 0.717) is 5.56 Å². The van der Waals surface area contributed by atoms with Crippen molar-refractivity contribution in [2.75, 3.05) is 6.54 Å². The number of halogens is 1. The van der Waals surface area contributed by atoms with E-state index in [9.17, 15) is 9.18 Å². The number of nitrogens with one attached hydrogen (secondary N) is 1. The molecule has 4 heteroatoms. The first-order chi connectivity index (χ1) is 7.84. The zero-order chi connectivity index (χ0) is 13.1. The number of carbonyl (C=O) groups excluding carboxylic acids is 1. The highest BCUT2D eigenvalue weighted by Gasteiger charge is 2.18. The lowest BCUT2D eigenvalue weighted by Crippen LogP contribution is -2.33. The van der Waals surface area contributed by atoms with Crippen LogP contribution < -0.4 is 5.32 Å². The fourth-order valence-electron chi connectivity index (χ4n) is 1.31. The molecule has 0 bridgehead atoms. The van der Waals surface area contributed by atoms with Crippen LogP contribution in [0.15, 0.2) is 18.2 Å². The molecule has 0 aliphatic heterocycles. The molecule has 0 aliphatic carbocycles. The Morgan fingerprint density at radius 3 is 2.65 bits per heavy atom. The molecule has 1 N–H and O–H groups in total. The predicted molar refractivity (Wildman–Crippen MR) is 62.9 cm³/mol. The first-order valence-electron chi connectivity index (χ1n) is 5.31. The van der Waals surface area contributed by atoms with E-state index >= 15 is 0 Å². The van der Waals surface area contributed by atoms with Crippen molar-refractivity contribution in [2.24, 2.45) is 5.41 Å². The molecular formula is C13H15FN2O. The molecule has 0 aromatic heterocycles. The summed E-state index contributed by atoms with van der Waals surface area (Å²) in [5.74, 6) is -0.800. The molecule has 0 saturated carbocycles. The largest absolute Gasteiger partial charge is 0.350 e. The van der Waals surface area contributed by atoms with Crippen molar-refractivity contribution in [3.63, 3.8) is 0 Å². The Bertz CT molecular complexity index is 455. The highest BCUT2D eigenvalue weighted by molar-refractivity contribution is 5.94. The summed E-state index contributed by atoms with van der Waals surface area (Å²) in [5.41, 5.74) is 0.337. The minimum Gasteiger partial charge on any atom is -0.350 e. The third-order valence-electron chi connectivity index (χ3n) is 2.30. The van der Waals surface area contributed by atoms with Crippen molar-refractivity contribution in [2.45, 2.75) is 20.8 Å². The molecule has 0 atom stereocenters. The summed E-state index contributed by atoms with van der Waals surface area (Å²) in [5, 5.41) is 11.4. The monoisotopic (exact) mass is 234 g/mol. The van der Waals surface area contributed by atoms with Gasteiger partial charge in [-0.3, -0.25) is 4.79 Å². The molecule has 17 heavy (non-hydrogen) atoms. The zero-order valence-corrected chi connectivity index (χ0v) is 10.2. The van der Waals surface area contributed by atoms with E-state index in [1.54, 1.807) is 26.8 Å². The van der Waals surface area contributed by atoms with Crippen LogP contribution in [0.5, 0.6) is 0 Å². The normalized spacial score (nSPS) is 10.8. The Labute approximate surface area is 100 Å². The number of hydrogen-bond acceptors (Lipinski definition) is 2. The van der Waals surface area contributed by atoms with Crippen molar-refractivity contribution in [3.05, 3.63) is 35.1 Å². The lowest BCUT2D eigenvalue weighted by Gasteiger charge is -2.15. The van der Waals surface area contributed by atoms with Crippen LogP contribution in [0, 0.1) is 29.5 Å². The van der Waals surface area contributed by atoms with E-state index in [0.717, 1.165) is 0 Å². The van der Waals surface area contributed by atoms with Gasteiger partial charge in [0.05, 0.1) is 11.5 Å². The molecule has 1 rings (SSSR count). The fraction of sp³-hybridized carbons (Fsp3) is 0.385. The van der Waals surface area contributed by atoms with Crippen molar-refractivity contribution in [1.29, 1.82) is 5.26 Å². The maximum atomic E-state index is 13.1. The summed E-state index contributed by atoms with van der Waals surface area (Å²) < 4.78 is 13.1. The second-order valence-electron chi connectivity index (χ2n) is 4.70. The van der Waals surface area contributed by atoms with Gasteiger partial charge in [0.1, 0.15) is 5.82 Å². The Kier molecular flexibility index (Phi) is 3.84. The summed E-state index contributed by atoms with van der Waals surface area (Å²) in [6.45, 7) is 5.41. The molecule has 0 spiro atoms. The number of aryl methyl sites for hydroxylation is 1. The fourth-order valence-corrected chi connectivity index (χ4v) is 1.31. The topological polar surface area (TPSA) is 52.9 Å². The van der Waals surface area contributed by atoms with Gasteiger partial charge in [0.2, 0.25) is 0 Å². The first-order valence-corrected chi connectivity index (χ1v) is 5.31. The van der Waals surface area contributed by atoms with Crippen molar-refractivity contribution >= 4 is 5.91 Å². The molecule has 3 nitrogen and oxygen atoms in total. The molecule has 0 radical (unpaired) electrons. The van der Waals surface area contributed by atoms with Crippen LogP contribution >= 0.6 is 0 Å². The predicted octanol–water partition coefficient (Wildman–Crippen LogP) is 2.41.